The standard InChI is InChI=1S/C23H37N3O4/c1-21(2,3)29-19(27)24-26(20(28)30-22(4,5)6)23(7)13-15-25(16-14-23)17-18-11-9-8-10-12-18/h8-12H,13-17H2,1-7H3,(H,24,27). The highest BCUT2D eigenvalue weighted by atomic mass is 16.6. The highest BCUT2D eigenvalue weighted by molar-refractivity contribution is 5.75. The maximum absolute atomic E-state index is 13.0. The van der Waals surface area contributed by atoms with Crippen molar-refractivity contribution in [3.8, 4) is 0 Å². The van der Waals surface area contributed by atoms with Crippen molar-refractivity contribution in [2.45, 2.75) is 84.6 Å². The predicted octanol–water partition coefficient (Wildman–Crippen LogP) is 4.72. The number of nitrogens with zero attached hydrogens (tertiary/aromatic N) is 2. The molecule has 1 aromatic carbocycles. The van der Waals surface area contributed by atoms with Gasteiger partial charge in [-0.25, -0.2) is 20.0 Å². The van der Waals surface area contributed by atoms with E-state index >= 15 is 0 Å². The first-order valence-corrected chi connectivity index (χ1v) is 10.6. The number of hydrogen-bond acceptors (Lipinski definition) is 5. The number of carbonyl (C=O) groups excluding carboxylic acids is 2. The molecular weight excluding hydrogens is 382 g/mol. The molecule has 0 atom stereocenters. The normalized spacial score (nSPS) is 17.2. The molecule has 1 heterocycles. The van der Waals surface area contributed by atoms with E-state index in [0.29, 0.717) is 12.8 Å². The molecule has 2 amide bonds. The number of hydrazine groups is 1. The fourth-order valence-corrected chi connectivity index (χ4v) is 3.36. The topological polar surface area (TPSA) is 71.1 Å². The molecule has 0 radical (unpaired) electrons. The summed E-state index contributed by atoms with van der Waals surface area (Å²) in [6.45, 7) is 15.2. The van der Waals surface area contributed by atoms with Crippen molar-refractivity contribution in [3.63, 3.8) is 0 Å². The quantitative estimate of drug-likeness (QED) is 0.718. The van der Waals surface area contributed by atoms with Crippen LogP contribution in [-0.2, 0) is 16.0 Å². The average Bonchev–Trinajstić information content (AvgIpc) is 2.60. The lowest BCUT2D eigenvalue weighted by molar-refractivity contribution is -0.0438. The Labute approximate surface area is 180 Å². The molecule has 168 valence electrons. The van der Waals surface area contributed by atoms with Crippen molar-refractivity contribution < 1.29 is 19.1 Å². The van der Waals surface area contributed by atoms with Crippen LogP contribution in [0.25, 0.3) is 0 Å². The molecule has 0 saturated carbocycles. The largest absolute Gasteiger partial charge is 0.443 e. The lowest BCUT2D eigenvalue weighted by Crippen LogP contribution is -2.63. The number of nitrogens with one attached hydrogen (secondary N) is 1. The van der Waals surface area contributed by atoms with E-state index in [1.807, 2.05) is 25.1 Å². The molecule has 0 bridgehead atoms. The fourth-order valence-electron chi connectivity index (χ4n) is 3.36. The Morgan fingerprint density at radius 2 is 1.53 bits per heavy atom. The van der Waals surface area contributed by atoms with Gasteiger partial charge >= 0.3 is 12.2 Å². The first-order valence-electron chi connectivity index (χ1n) is 10.6. The van der Waals surface area contributed by atoms with Crippen LogP contribution in [0.1, 0.15) is 66.9 Å². The van der Waals surface area contributed by atoms with E-state index in [0.717, 1.165) is 19.6 Å². The van der Waals surface area contributed by atoms with E-state index in [1.54, 1.807) is 41.5 Å². The zero-order valence-electron chi connectivity index (χ0n) is 19.4. The maximum atomic E-state index is 13.0. The molecule has 1 N–H and O–H groups in total. The molecule has 7 heteroatoms. The molecule has 0 aliphatic carbocycles. The molecular formula is C23H37N3O4. The lowest BCUT2D eigenvalue weighted by atomic mass is 9.89. The summed E-state index contributed by atoms with van der Waals surface area (Å²) in [5.74, 6) is 0. The molecule has 30 heavy (non-hydrogen) atoms. The van der Waals surface area contributed by atoms with Gasteiger partial charge in [-0.1, -0.05) is 30.3 Å². The predicted molar refractivity (Wildman–Crippen MR) is 117 cm³/mol. The minimum Gasteiger partial charge on any atom is -0.443 e. The van der Waals surface area contributed by atoms with Crippen LogP contribution in [0.15, 0.2) is 30.3 Å². The van der Waals surface area contributed by atoms with Gasteiger partial charge < -0.3 is 9.47 Å². The second-order valence-corrected chi connectivity index (χ2v) is 10.2. The summed E-state index contributed by atoms with van der Waals surface area (Å²) in [4.78, 5) is 27.8. The lowest BCUT2D eigenvalue weighted by Gasteiger charge is -2.46. The number of hydrogen-bond donors (Lipinski definition) is 1. The Hall–Kier alpha value is -2.28. The minimum absolute atomic E-state index is 0.577. The highest BCUT2D eigenvalue weighted by Gasteiger charge is 2.42. The number of benzene rings is 1. The zero-order chi connectivity index (χ0) is 22.6. The third-order valence-electron chi connectivity index (χ3n) is 4.90. The van der Waals surface area contributed by atoms with Gasteiger partial charge in [-0.05, 0) is 66.9 Å². The van der Waals surface area contributed by atoms with Gasteiger partial charge in [-0.3, -0.25) is 4.90 Å². The third kappa shape index (κ3) is 7.52. The van der Waals surface area contributed by atoms with E-state index in [9.17, 15) is 9.59 Å². The number of ether oxygens (including phenoxy) is 2. The molecule has 1 saturated heterocycles. The first kappa shape index (κ1) is 24.0. The molecule has 2 rings (SSSR count). The van der Waals surface area contributed by atoms with Gasteiger partial charge in [0.25, 0.3) is 0 Å². The van der Waals surface area contributed by atoms with E-state index in [4.69, 9.17) is 9.47 Å². The summed E-state index contributed by atoms with van der Waals surface area (Å²) < 4.78 is 10.9. The van der Waals surface area contributed by atoms with Crippen LogP contribution in [0.2, 0.25) is 0 Å². The van der Waals surface area contributed by atoms with Crippen molar-refractivity contribution >= 4 is 12.2 Å². The van der Waals surface area contributed by atoms with Gasteiger partial charge in [0.1, 0.15) is 11.2 Å². The van der Waals surface area contributed by atoms with E-state index in [1.165, 1.54) is 10.6 Å². The second kappa shape index (κ2) is 9.25. The Kier molecular flexibility index (Phi) is 7.40. The van der Waals surface area contributed by atoms with E-state index < -0.39 is 28.9 Å². The van der Waals surface area contributed by atoms with E-state index in [-0.39, 0.29) is 0 Å². The number of amides is 2. The molecule has 1 aromatic rings. The Bertz CT molecular complexity index is 714. The summed E-state index contributed by atoms with van der Waals surface area (Å²) in [5.41, 5.74) is 2.00. The van der Waals surface area contributed by atoms with Crippen molar-refractivity contribution in [2.75, 3.05) is 13.1 Å². The van der Waals surface area contributed by atoms with Crippen LogP contribution in [-0.4, -0.2) is 51.9 Å². The van der Waals surface area contributed by atoms with Crippen molar-refractivity contribution in [1.29, 1.82) is 0 Å². The summed E-state index contributed by atoms with van der Waals surface area (Å²) in [6.07, 6.45) is 0.165. The molecule has 0 unspecified atom stereocenters. The van der Waals surface area contributed by atoms with Gasteiger partial charge in [0, 0.05) is 19.6 Å². The highest BCUT2D eigenvalue weighted by Crippen LogP contribution is 2.30. The van der Waals surface area contributed by atoms with Crippen LogP contribution in [0.3, 0.4) is 0 Å². The third-order valence-corrected chi connectivity index (χ3v) is 4.90. The average molecular weight is 420 g/mol. The molecule has 0 spiro atoms. The molecule has 0 aromatic heterocycles. The Morgan fingerprint density at radius 3 is 2.03 bits per heavy atom. The van der Waals surface area contributed by atoms with Crippen LogP contribution >= 0.6 is 0 Å². The summed E-state index contributed by atoms with van der Waals surface area (Å²) >= 11 is 0. The van der Waals surface area contributed by atoms with Crippen molar-refractivity contribution in [3.05, 3.63) is 35.9 Å². The number of piperidine rings is 1. The SMILES string of the molecule is CC(C)(C)OC(=O)NN(C(=O)OC(C)(C)C)C1(C)CCN(Cc2ccccc2)CC1. The number of likely N-dealkylation sites (tertiary alicyclic amines) is 1. The van der Waals surface area contributed by atoms with Crippen LogP contribution in [0.5, 0.6) is 0 Å². The maximum Gasteiger partial charge on any atom is 0.429 e. The zero-order valence-corrected chi connectivity index (χ0v) is 19.4. The van der Waals surface area contributed by atoms with Gasteiger partial charge in [-0.2, -0.15) is 0 Å². The van der Waals surface area contributed by atoms with Crippen LogP contribution in [0.4, 0.5) is 9.59 Å². The molecule has 1 aliphatic rings. The summed E-state index contributed by atoms with van der Waals surface area (Å²) in [7, 11) is 0. The van der Waals surface area contributed by atoms with Crippen molar-refractivity contribution in [2.24, 2.45) is 0 Å². The van der Waals surface area contributed by atoms with Crippen molar-refractivity contribution in [1.82, 2.24) is 15.3 Å². The van der Waals surface area contributed by atoms with Crippen LogP contribution < -0.4 is 5.43 Å². The molecule has 7 nitrogen and oxygen atoms in total. The van der Waals surface area contributed by atoms with Gasteiger partial charge in [0.05, 0.1) is 5.54 Å². The van der Waals surface area contributed by atoms with Gasteiger partial charge in [-0.15, -0.1) is 0 Å². The smallest absolute Gasteiger partial charge is 0.429 e. The van der Waals surface area contributed by atoms with E-state index in [2.05, 4.69) is 22.5 Å². The fraction of sp³-hybridized carbons (Fsp3) is 0.652. The second-order valence-electron chi connectivity index (χ2n) is 10.2. The summed E-state index contributed by atoms with van der Waals surface area (Å²) in [5, 5.41) is 1.33. The monoisotopic (exact) mass is 419 g/mol. The first-order chi connectivity index (χ1) is 13.8. The molecule has 1 fully saturated rings. The Morgan fingerprint density at radius 1 is 1.00 bits per heavy atom. The summed E-state index contributed by atoms with van der Waals surface area (Å²) in [6, 6.07) is 10.3. The minimum atomic E-state index is -0.671. The number of rotatable bonds is 3. The van der Waals surface area contributed by atoms with Gasteiger partial charge in [0.2, 0.25) is 0 Å². The number of carbonyl (C=O) groups is 2. The Balaban J connectivity index is 2.10. The molecule has 1 aliphatic heterocycles. The van der Waals surface area contributed by atoms with Crippen LogP contribution in [0, 0.1) is 0 Å². The van der Waals surface area contributed by atoms with Gasteiger partial charge in [0.15, 0.2) is 0 Å².